The largest absolute Gasteiger partial charge is 0.497 e. The van der Waals surface area contributed by atoms with E-state index in [0.717, 1.165) is 19.3 Å². The van der Waals surface area contributed by atoms with Crippen LogP contribution < -0.4 is 15.5 Å². The molecule has 0 aliphatic carbocycles. The molecule has 166 valence electrons. The van der Waals surface area contributed by atoms with Gasteiger partial charge in [0.25, 0.3) is 5.91 Å². The van der Waals surface area contributed by atoms with Crippen LogP contribution in [0.5, 0.6) is 5.75 Å². The number of piperidine rings is 1. The summed E-state index contributed by atoms with van der Waals surface area (Å²) in [5, 5.41) is 3.16. The van der Waals surface area contributed by atoms with Gasteiger partial charge in [-0.3, -0.25) is 14.4 Å². The zero-order valence-electron chi connectivity index (χ0n) is 18.3. The molecular weight excluding hydrogens is 408 g/mol. The molecule has 0 saturated carbocycles. The Bertz CT molecular complexity index is 1230. The minimum atomic E-state index is -0.354. The molecule has 2 amide bonds. The number of nitrogens with zero attached hydrogens (tertiary/aromatic N) is 3. The molecule has 8 nitrogen and oxygen atoms in total. The minimum absolute atomic E-state index is 0.0687. The monoisotopic (exact) mass is 434 g/mol. The van der Waals surface area contributed by atoms with Crippen LogP contribution in [0.15, 0.2) is 47.4 Å². The maximum absolute atomic E-state index is 13.1. The van der Waals surface area contributed by atoms with Crippen LogP contribution in [-0.2, 0) is 11.3 Å². The maximum Gasteiger partial charge on any atom is 0.259 e. The number of nitrogens with one attached hydrogen (secondary N) is 1. The third-order valence-electron chi connectivity index (χ3n) is 5.60. The van der Waals surface area contributed by atoms with Crippen LogP contribution in [0.2, 0.25) is 0 Å². The molecule has 1 aliphatic rings. The molecule has 1 fully saturated rings. The summed E-state index contributed by atoms with van der Waals surface area (Å²) in [6.45, 7) is 3.00. The molecular formula is C24H26N4O4. The Hall–Kier alpha value is -3.68. The molecule has 0 atom stereocenters. The van der Waals surface area contributed by atoms with E-state index in [0.29, 0.717) is 41.3 Å². The lowest BCUT2D eigenvalue weighted by molar-refractivity contribution is -0.116. The number of fused-ring (bicyclic) bond motifs is 1. The lowest BCUT2D eigenvalue weighted by Crippen LogP contribution is -2.38. The van der Waals surface area contributed by atoms with E-state index in [9.17, 15) is 14.4 Å². The number of carbonyl (C=O) groups is 2. The van der Waals surface area contributed by atoms with Crippen molar-refractivity contribution in [2.24, 2.45) is 0 Å². The molecule has 1 aliphatic heterocycles. The van der Waals surface area contributed by atoms with Crippen molar-refractivity contribution in [1.82, 2.24) is 14.5 Å². The zero-order valence-corrected chi connectivity index (χ0v) is 18.3. The standard InChI is InChI=1S/C24H26N4O4/c1-16-9-10-19-22(30)20(24(31)27-11-4-3-5-12-27)14-28(23(19)25-16)15-21(29)26-17-7-6-8-18(13-17)32-2/h6-10,13-14H,3-5,11-12,15H2,1-2H3,(H,26,29). The summed E-state index contributed by atoms with van der Waals surface area (Å²) in [6, 6.07) is 10.5. The number of ether oxygens (including phenoxy) is 1. The molecule has 3 aromatic rings. The summed E-state index contributed by atoms with van der Waals surface area (Å²) < 4.78 is 6.77. The molecule has 4 rings (SSSR count). The Morgan fingerprint density at radius 2 is 1.91 bits per heavy atom. The summed E-state index contributed by atoms with van der Waals surface area (Å²) in [5.41, 5.74) is 1.40. The molecule has 1 N–H and O–H groups in total. The van der Waals surface area contributed by atoms with Gasteiger partial charge in [-0.1, -0.05) is 6.07 Å². The molecule has 32 heavy (non-hydrogen) atoms. The summed E-state index contributed by atoms with van der Waals surface area (Å²) >= 11 is 0. The number of rotatable bonds is 5. The van der Waals surface area contributed by atoms with Gasteiger partial charge in [-0.25, -0.2) is 4.98 Å². The van der Waals surface area contributed by atoms with Gasteiger partial charge >= 0.3 is 0 Å². The van der Waals surface area contributed by atoms with Crippen molar-refractivity contribution in [3.8, 4) is 5.75 Å². The topological polar surface area (TPSA) is 93.5 Å². The third-order valence-corrected chi connectivity index (χ3v) is 5.60. The van der Waals surface area contributed by atoms with E-state index in [-0.39, 0.29) is 29.4 Å². The Kier molecular flexibility index (Phi) is 6.20. The number of methoxy groups -OCH3 is 1. The normalized spacial score (nSPS) is 13.8. The van der Waals surface area contributed by atoms with Gasteiger partial charge in [-0.05, 0) is 50.5 Å². The fourth-order valence-electron chi connectivity index (χ4n) is 3.96. The number of pyridine rings is 2. The van der Waals surface area contributed by atoms with E-state index in [2.05, 4.69) is 10.3 Å². The molecule has 2 aromatic heterocycles. The van der Waals surface area contributed by atoms with Crippen molar-refractivity contribution in [3.63, 3.8) is 0 Å². The first-order chi connectivity index (χ1) is 15.5. The second kappa shape index (κ2) is 9.21. The molecule has 1 saturated heterocycles. The fraction of sp³-hybridized carbons (Fsp3) is 0.333. The smallest absolute Gasteiger partial charge is 0.259 e. The van der Waals surface area contributed by atoms with Gasteiger partial charge in [-0.2, -0.15) is 0 Å². The summed E-state index contributed by atoms with van der Waals surface area (Å²) in [5.74, 6) is 0.0327. The summed E-state index contributed by atoms with van der Waals surface area (Å²) in [7, 11) is 1.56. The predicted octanol–water partition coefficient (Wildman–Crippen LogP) is 2.98. The SMILES string of the molecule is COc1cccc(NC(=O)Cn2cc(C(=O)N3CCCCC3)c(=O)c3ccc(C)nc32)c1. The van der Waals surface area contributed by atoms with Gasteiger partial charge < -0.3 is 19.5 Å². The summed E-state index contributed by atoms with van der Waals surface area (Å²) in [6.07, 6.45) is 4.41. The summed E-state index contributed by atoms with van der Waals surface area (Å²) in [4.78, 5) is 45.2. The highest BCUT2D eigenvalue weighted by molar-refractivity contribution is 5.97. The molecule has 8 heteroatoms. The Morgan fingerprint density at radius 1 is 1.12 bits per heavy atom. The van der Waals surface area contributed by atoms with Gasteiger partial charge in [0.2, 0.25) is 11.3 Å². The highest BCUT2D eigenvalue weighted by Crippen LogP contribution is 2.18. The van der Waals surface area contributed by atoms with Crippen LogP contribution in [0.1, 0.15) is 35.3 Å². The van der Waals surface area contributed by atoms with Gasteiger partial charge in [0.15, 0.2) is 0 Å². The van der Waals surface area contributed by atoms with Crippen molar-refractivity contribution < 1.29 is 14.3 Å². The highest BCUT2D eigenvalue weighted by Gasteiger charge is 2.23. The van der Waals surface area contributed by atoms with Gasteiger partial charge in [0.05, 0.1) is 12.5 Å². The molecule has 0 unspecified atom stereocenters. The number of aromatic nitrogens is 2. The van der Waals surface area contributed by atoms with E-state index in [1.54, 1.807) is 53.0 Å². The average molecular weight is 434 g/mol. The molecule has 1 aromatic carbocycles. The molecule has 3 heterocycles. The van der Waals surface area contributed by atoms with Crippen molar-refractivity contribution >= 4 is 28.5 Å². The number of carbonyl (C=O) groups excluding carboxylic acids is 2. The van der Waals surface area contributed by atoms with E-state index in [1.165, 1.54) is 6.20 Å². The van der Waals surface area contributed by atoms with Gasteiger partial charge in [0, 0.05) is 36.7 Å². The second-order valence-corrected chi connectivity index (χ2v) is 7.96. The molecule has 0 spiro atoms. The number of hydrogen-bond acceptors (Lipinski definition) is 5. The Morgan fingerprint density at radius 3 is 2.66 bits per heavy atom. The van der Waals surface area contributed by atoms with E-state index < -0.39 is 0 Å². The van der Waals surface area contributed by atoms with Crippen molar-refractivity contribution in [1.29, 1.82) is 0 Å². The first-order valence-corrected chi connectivity index (χ1v) is 10.7. The van der Waals surface area contributed by atoms with Crippen LogP contribution in [0.3, 0.4) is 0 Å². The Labute approximate surface area is 185 Å². The van der Waals surface area contributed by atoms with Crippen LogP contribution in [0.4, 0.5) is 5.69 Å². The third kappa shape index (κ3) is 4.49. The van der Waals surface area contributed by atoms with Crippen molar-refractivity contribution in [2.75, 3.05) is 25.5 Å². The average Bonchev–Trinajstić information content (AvgIpc) is 2.81. The molecule has 0 radical (unpaired) electrons. The van der Waals surface area contributed by atoms with E-state index in [1.807, 2.05) is 6.92 Å². The number of aryl methyl sites for hydroxylation is 1. The van der Waals surface area contributed by atoms with Crippen molar-refractivity contribution in [2.45, 2.75) is 32.7 Å². The number of benzene rings is 1. The number of likely N-dealkylation sites (tertiary alicyclic amines) is 1. The number of hydrogen-bond donors (Lipinski definition) is 1. The fourth-order valence-corrected chi connectivity index (χ4v) is 3.96. The second-order valence-electron chi connectivity index (χ2n) is 7.96. The first kappa shape index (κ1) is 21.5. The predicted molar refractivity (Wildman–Crippen MR) is 122 cm³/mol. The number of amides is 2. The van der Waals surface area contributed by atoms with Crippen LogP contribution in [0, 0.1) is 6.92 Å². The van der Waals surface area contributed by atoms with Crippen LogP contribution in [-0.4, -0.2) is 46.5 Å². The van der Waals surface area contributed by atoms with Gasteiger partial charge in [-0.15, -0.1) is 0 Å². The minimum Gasteiger partial charge on any atom is -0.497 e. The van der Waals surface area contributed by atoms with Gasteiger partial charge in [0.1, 0.15) is 23.5 Å². The number of anilines is 1. The maximum atomic E-state index is 13.1. The molecule has 0 bridgehead atoms. The highest BCUT2D eigenvalue weighted by atomic mass is 16.5. The van der Waals surface area contributed by atoms with E-state index in [4.69, 9.17) is 4.74 Å². The zero-order chi connectivity index (χ0) is 22.7. The first-order valence-electron chi connectivity index (χ1n) is 10.7. The van der Waals surface area contributed by atoms with E-state index >= 15 is 0 Å². The lowest BCUT2D eigenvalue weighted by atomic mass is 10.1. The lowest BCUT2D eigenvalue weighted by Gasteiger charge is -2.26. The Balaban J connectivity index is 1.69. The van der Waals surface area contributed by atoms with Crippen molar-refractivity contribution in [3.05, 3.63) is 64.1 Å². The quantitative estimate of drug-likeness (QED) is 0.666. The van der Waals surface area contributed by atoms with Crippen LogP contribution in [0.25, 0.3) is 11.0 Å². The van der Waals surface area contributed by atoms with Crippen LogP contribution >= 0.6 is 0 Å².